The van der Waals surface area contributed by atoms with Crippen LogP contribution in [0.4, 0.5) is 5.13 Å². The molecule has 0 aliphatic rings. The third-order valence-corrected chi connectivity index (χ3v) is 5.38. The van der Waals surface area contributed by atoms with E-state index in [1.54, 1.807) is 0 Å². The van der Waals surface area contributed by atoms with Crippen molar-refractivity contribution in [2.24, 2.45) is 0 Å². The lowest BCUT2D eigenvalue weighted by Gasteiger charge is -2.12. The Morgan fingerprint density at radius 1 is 1.33 bits per heavy atom. The Kier molecular flexibility index (Phi) is 4.31. The van der Waals surface area contributed by atoms with Gasteiger partial charge in [-0.1, -0.05) is 11.3 Å². The van der Waals surface area contributed by atoms with Crippen LogP contribution >= 0.6 is 11.3 Å². The summed E-state index contributed by atoms with van der Waals surface area (Å²) in [6.45, 7) is 3.80. The van der Waals surface area contributed by atoms with E-state index in [1.165, 1.54) is 23.9 Å². The van der Waals surface area contributed by atoms with Crippen molar-refractivity contribution in [1.82, 2.24) is 9.29 Å². The Morgan fingerprint density at radius 3 is 2.57 bits per heavy atom. The molecule has 114 valence electrons. The maximum Gasteiger partial charge on any atom is 0.241 e. The molecule has 1 N–H and O–H groups in total. The van der Waals surface area contributed by atoms with Crippen LogP contribution in [-0.2, 0) is 14.8 Å². The number of likely N-dealkylation sites (N-methyl/N-ethyl adjacent to an activating group) is 1. The molecular weight excluding hydrogens is 310 g/mol. The highest BCUT2D eigenvalue weighted by atomic mass is 32.2. The number of amides is 1. The van der Waals surface area contributed by atoms with Gasteiger partial charge >= 0.3 is 0 Å². The fourth-order valence-corrected chi connectivity index (χ4v) is 3.03. The van der Waals surface area contributed by atoms with Crippen molar-refractivity contribution in [2.75, 3.05) is 25.2 Å². The first-order valence-electron chi connectivity index (χ1n) is 6.26. The monoisotopic (exact) mass is 327 g/mol. The minimum atomic E-state index is -3.37. The largest absolute Gasteiger partial charge is 0.301 e. The number of aromatic nitrogens is 1. The standard InChI is InChI=1S/C13H17N3O3S2/c1-8-5-10-11(6-9(8)2)20-13(14-10)15-12(17)7-16(3)21(4,18)19/h5-6H,7H2,1-4H3,(H,14,15,17). The lowest BCUT2D eigenvalue weighted by molar-refractivity contribution is -0.116. The van der Waals surface area contributed by atoms with Crippen molar-refractivity contribution in [2.45, 2.75) is 13.8 Å². The number of nitrogens with one attached hydrogen (secondary N) is 1. The quantitative estimate of drug-likeness (QED) is 0.928. The minimum Gasteiger partial charge on any atom is -0.301 e. The van der Waals surface area contributed by atoms with E-state index in [9.17, 15) is 13.2 Å². The molecule has 0 radical (unpaired) electrons. The van der Waals surface area contributed by atoms with Crippen LogP contribution in [-0.4, -0.2) is 43.5 Å². The Balaban J connectivity index is 2.15. The van der Waals surface area contributed by atoms with E-state index in [1.807, 2.05) is 26.0 Å². The number of sulfonamides is 1. The molecule has 8 heteroatoms. The molecule has 0 aliphatic carbocycles. The van der Waals surface area contributed by atoms with Gasteiger partial charge in [0.25, 0.3) is 0 Å². The smallest absolute Gasteiger partial charge is 0.241 e. The van der Waals surface area contributed by atoms with E-state index in [4.69, 9.17) is 0 Å². The van der Waals surface area contributed by atoms with Gasteiger partial charge in [0.2, 0.25) is 15.9 Å². The van der Waals surface area contributed by atoms with Gasteiger partial charge in [-0.15, -0.1) is 0 Å². The van der Waals surface area contributed by atoms with E-state index in [-0.39, 0.29) is 6.54 Å². The van der Waals surface area contributed by atoms with Crippen LogP contribution in [0, 0.1) is 13.8 Å². The summed E-state index contributed by atoms with van der Waals surface area (Å²) in [7, 11) is -2.01. The van der Waals surface area contributed by atoms with E-state index < -0.39 is 15.9 Å². The molecule has 2 rings (SSSR count). The fraction of sp³-hybridized carbons (Fsp3) is 0.385. The zero-order chi connectivity index (χ0) is 15.8. The van der Waals surface area contributed by atoms with Crippen LogP contribution in [0.2, 0.25) is 0 Å². The van der Waals surface area contributed by atoms with Crippen LogP contribution in [0.1, 0.15) is 11.1 Å². The average Bonchev–Trinajstić information content (AvgIpc) is 2.69. The summed E-state index contributed by atoms with van der Waals surface area (Å²) in [5.41, 5.74) is 3.14. The number of fused-ring (bicyclic) bond motifs is 1. The van der Waals surface area contributed by atoms with Gasteiger partial charge in [-0.25, -0.2) is 13.4 Å². The van der Waals surface area contributed by atoms with E-state index in [0.717, 1.165) is 26.3 Å². The normalized spacial score (nSPS) is 12.0. The highest BCUT2D eigenvalue weighted by Gasteiger charge is 2.16. The fourth-order valence-electron chi connectivity index (χ4n) is 1.71. The van der Waals surface area contributed by atoms with Crippen molar-refractivity contribution in [3.63, 3.8) is 0 Å². The van der Waals surface area contributed by atoms with Crippen molar-refractivity contribution < 1.29 is 13.2 Å². The highest BCUT2D eigenvalue weighted by molar-refractivity contribution is 7.88. The zero-order valence-corrected chi connectivity index (χ0v) is 13.9. The second-order valence-corrected chi connectivity index (χ2v) is 8.11. The lowest BCUT2D eigenvalue weighted by atomic mass is 10.1. The Hall–Kier alpha value is -1.51. The number of benzene rings is 1. The summed E-state index contributed by atoms with van der Waals surface area (Å²) in [5.74, 6) is -0.407. The Bertz CT molecular complexity index is 757. The van der Waals surface area contributed by atoms with E-state index in [2.05, 4.69) is 10.3 Å². The van der Waals surface area contributed by atoms with Crippen molar-refractivity contribution in [3.8, 4) is 0 Å². The number of hydrogen-bond acceptors (Lipinski definition) is 5. The number of carbonyl (C=O) groups is 1. The number of hydrogen-bond donors (Lipinski definition) is 1. The predicted octanol–water partition coefficient (Wildman–Crippen LogP) is 1.74. The van der Waals surface area contributed by atoms with Crippen LogP contribution in [0.15, 0.2) is 12.1 Å². The number of aryl methyl sites for hydroxylation is 2. The van der Waals surface area contributed by atoms with E-state index in [0.29, 0.717) is 5.13 Å². The number of carbonyl (C=O) groups excluding carboxylic acids is 1. The minimum absolute atomic E-state index is 0.229. The lowest BCUT2D eigenvalue weighted by Crippen LogP contribution is -2.34. The van der Waals surface area contributed by atoms with Gasteiger partial charge in [-0.2, -0.15) is 4.31 Å². The maximum absolute atomic E-state index is 11.8. The van der Waals surface area contributed by atoms with Gasteiger partial charge in [0.05, 0.1) is 23.0 Å². The topological polar surface area (TPSA) is 79.4 Å². The summed E-state index contributed by atoms with van der Waals surface area (Å²) in [4.78, 5) is 16.2. The van der Waals surface area contributed by atoms with Crippen molar-refractivity contribution in [3.05, 3.63) is 23.3 Å². The first-order valence-corrected chi connectivity index (χ1v) is 8.92. The first kappa shape index (κ1) is 15.9. The summed E-state index contributed by atoms with van der Waals surface area (Å²) in [5, 5.41) is 3.11. The molecule has 0 saturated heterocycles. The number of anilines is 1. The third kappa shape index (κ3) is 3.78. The molecule has 0 aliphatic heterocycles. The molecule has 1 aromatic carbocycles. The molecular formula is C13H17N3O3S2. The maximum atomic E-state index is 11.8. The van der Waals surface area contributed by atoms with Gasteiger partial charge in [-0.05, 0) is 37.1 Å². The average molecular weight is 327 g/mol. The molecule has 0 bridgehead atoms. The van der Waals surface area contributed by atoms with Gasteiger partial charge in [0, 0.05) is 7.05 Å². The zero-order valence-electron chi connectivity index (χ0n) is 12.3. The summed E-state index contributed by atoms with van der Waals surface area (Å²) in [6.07, 6.45) is 1.06. The third-order valence-electron chi connectivity index (χ3n) is 3.18. The van der Waals surface area contributed by atoms with Crippen LogP contribution in [0.5, 0.6) is 0 Å². The van der Waals surface area contributed by atoms with E-state index >= 15 is 0 Å². The second-order valence-electron chi connectivity index (χ2n) is 4.99. The SMILES string of the molecule is Cc1cc2nc(NC(=O)CN(C)S(C)(=O)=O)sc2cc1C. The van der Waals surface area contributed by atoms with Gasteiger partial charge in [-0.3, -0.25) is 4.79 Å². The number of thiazole rings is 1. The second kappa shape index (κ2) is 5.70. The van der Waals surface area contributed by atoms with Crippen molar-refractivity contribution in [1.29, 1.82) is 0 Å². The molecule has 0 unspecified atom stereocenters. The molecule has 0 atom stereocenters. The number of nitrogens with zero attached hydrogens (tertiary/aromatic N) is 2. The molecule has 21 heavy (non-hydrogen) atoms. The number of rotatable bonds is 4. The van der Waals surface area contributed by atoms with Gasteiger partial charge in [0.1, 0.15) is 0 Å². The summed E-state index contributed by atoms with van der Waals surface area (Å²) < 4.78 is 24.5. The van der Waals surface area contributed by atoms with Crippen LogP contribution in [0.3, 0.4) is 0 Å². The molecule has 0 fully saturated rings. The summed E-state index contributed by atoms with van der Waals surface area (Å²) in [6, 6.07) is 4.00. The van der Waals surface area contributed by atoms with Crippen molar-refractivity contribution >= 4 is 42.6 Å². The molecule has 1 amide bonds. The van der Waals surface area contributed by atoms with Crippen LogP contribution < -0.4 is 5.32 Å². The van der Waals surface area contributed by atoms with Crippen LogP contribution in [0.25, 0.3) is 10.2 Å². The molecule has 0 spiro atoms. The van der Waals surface area contributed by atoms with Gasteiger partial charge in [0.15, 0.2) is 5.13 Å². The molecule has 1 aromatic heterocycles. The first-order chi connectivity index (χ1) is 9.66. The molecule has 0 saturated carbocycles. The van der Waals surface area contributed by atoms with Gasteiger partial charge < -0.3 is 5.32 Å². The molecule has 6 nitrogen and oxygen atoms in total. The highest BCUT2D eigenvalue weighted by Crippen LogP contribution is 2.28. The summed E-state index contributed by atoms with van der Waals surface area (Å²) >= 11 is 1.37. The molecule has 2 aromatic rings. The Morgan fingerprint density at radius 2 is 1.95 bits per heavy atom. The Labute approximate surface area is 127 Å². The predicted molar refractivity (Wildman–Crippen MR) is 85.2 cm³/mol. The molecule has 1 heterocycles.